The molecule has 0 aromatic heterocycles. The number of rotatable bonds is 3. The number of amides is 6. The largest absolute Gasteiger partial charge is 0.444 e. The topological polar surface area (TPSA) is 137 Å². The number of likely N-dealkylation sites (tertiary alicyclic amines) is 1. The zero-order chi connectivity index (χ0) is 28.8. The molecule has 1 N–H and O–H groups in total. The molecule has 1 atom stereocenters. The fourth-order valence-corrected chi connectivity index (χ4v) is 5.82. The molecule has 4 aliphatic rings. The van der Waals surface area contributed by atoms with Crippen molar-refractivity contribution in [2.75, 3.05) is 44.2 Å². The van der Waals surface area contributed by atoms with Crippen LogP contribution >= 0.6 is 0 Å². The Morgan fingerprint density at radius 1 is 0.875 bits per heavy atom. The zero-order valence-corrected chi connectivity index (χ0v) is 23.1. The van der Waals surface area contributed by atoms with Crippen molar-refractivity contribution in [1.29, 1.82) is 0 Å². The molecule has 0 bridgehead atoms. The number of carbonyl (C=O) groups excluding carboxylic acids is 6. The first-order valence-electron chi connectivity index (χ1n) is 13.8. The number of hydrogen-bond donors (Lipinski definition) is 1. The van der Waals surface area contributed by atoms with Crippen molar-refractivity contribution in [1.82, 2.24) is 20.0 Å². The highest BCUT2D eigenvalue weighted by molar-refractivity contribution is 6.25. The van der Waals surface area contributed by atoms with Crippen LogP contribution in [0.5, 0.6) is 0 Å². The van der Waals surface area contributed by atoms with Gasteiger partial charge in [-0.2, -0.15) is 0 Å². The minimum Gasteiger partial charge on any atom is -0.444 e. The number of imide groups is 2. The van der Waals surface area contributed by atoms with Gasteiger partial charge in [-0.1, -0.05) is 6.07 Å². The monoisotopic (exact) mass is 553 g/mol. The molecule has 1 unspecified atom stereocenters. The Kier molecular flexibility index (Phi) is 7.28. The SMILES string of the molecule is CC(C)(C)OC(=O)N1CCC(C(=O)N2CCN(c3cccc4c3C(=O)N(C3CCC(=O)NC3=O)C4=O)CC2)CC1. The molecule has 4 aliphatic heterocycles. The second-order valence-electron chi connectivity index (χ2n) is 11.7. The molecule has 1 aromatic carbocycles. The van der Waals surface area contributed by atoms with Crippen LogP contribution in [0.4, 0.5) is 10.5 Å². The molecule has 3 saturated heterocycles. The molecule has 12 nitrogen and oxygen atoms in total. The van der Waals surface area contributed by atoms with E-state index in [9.17, 15) is 28.8 Å². The molecule has 0 spiro atoms. The molecule has 0 aliphatic carbocycles. The molecule has 3 fully saturated rings. The minimum absolute atomic E-state index is 0.0622. The number of hydrogen-bond acceptors (Lipinski definition) is 8. The van der Waals surface area contributed by atoms with E-state index in [0.717, 1.165) is 4.90 Å². The lowest BCUT2D eigenvalue weighted by molar-refractivity contribution is -0.138. The lowest BCUT2D eigenvalue weighted by atomic mass is 9.95. The summed E-state index contributed by atoms with van der Waals surface area (Å²) in [7, 11) is 0. The van der Waals surface area contributed by atoms with E-state index in [0.29, 0.717) is 57.8 Å². The molecule has 12 heteroatoms. The standard InChI is InChI=1S/C28H35N5O7/c1-28(2,3)40-27(39)32-11-9-17(10-12-32)24(36)31-15-13-30(14-16-31)19-6-4-5-18-22(19)26(38)33(25(18)37)20-7-8-21(34)29-23(20)35/h4-6,17,20H,7-16H2,1-3H3,(H,29,34,35). The first-order chi connectivity index (χ1) is 18.9. The van der Waals surface area contributed by atoms with Gasteiger partial charge in [0.15, 0.2) is 0 Å². The van der Waals surface area contributed by atoms with Crippen LogP contribution in [0.1, 0.15) is 67.2 Å². The average molecular weight is 554 g/mol. The fourth-order valence-electron chi connectivity index (χ4n) is 5.82. The molecule has 0 saturated carbocycles. The quantitative estimate of drug-likeness (QED) is 0.555. The summed E-state index contributed by atoms with van der Waals surface area (Å²) in [4.78, 5) is 82.6. The van der Waals surface area contributed by atoms with Gasteiger partial charge in [-0.3, -0.25) is 34.2 Å². The van der Waals surface area contributed by atoms with E-state index >= 15 is 0 Å². The number of piperidine rings is 2. The van der Waals surface area contributed by atoms with Crippen molar-refractivity contribution >= 4 is 41.3 Å². The van der Waals surface area contributed by atoms with Gasteiger partial charge in [0.05, 0.1) is 16.8 Å². The summed E-state index contributed by atoms with van der Waals surface area (Å²) >= 11 is 0. The summed E-state index contributed by atoms with van der Waals surface area (Å²) < 4.78 is 5.44. The highest BCUT2D eigenvalue weighted by atomic mass is 16.6. The number of nitrogens with zero attached hydrogens (tertiary/aromatic N) is 4. The zero-order valence-electron chi connectivity index (χ0n) is 23.1. The Hall–Kier alpha value is -3.96. The third-order valence-electron chi connectivity index (χ3n) is 7.87. The Bertz CT molecular complexity index is 1260. The number of ether oxygens (including phenoxy) is 1. The molecular formula is C28H35N5O7. The van der Waals surface area contributed by atoms with Gasteiger partial charge in [0.1, 0.15) is 11.6 Å². The molecule has 6 amide bonds. The maximum absolute atomic E-state index is 13.4. The predicted molar refractivity (Wildman–Crippen MR) is 142 cm³/mol. The number of nitrogens with one attached hydrogen (secondary N) is 1. The Morgan fingerprint density at radius 2 is 1.55 bits per heavy atom. The second kappa shape index (κ2) is 10.5. The minimum atomic E-state index is -1.02. The average Bonchev–Trinajstić information content (AvgIpc) is 3.17. The smallest absolute Gasteiger partial charge is 0.410 e. The molecule has 5 rings (SSSR count). The summed E-state index contributed by atoms with van der Waals surface area (Å²) in [6.45, 7) is 8.33. The van der Waals surface area contributed by atoms with E-state index in [1.807, 2.05) is 30.6 Å². The number of anilines is 1. The van der Waals surface area contributed by atoms with Crippen LogP contribution < -0.4 is 10.2 Å². The van der Waals surface area contributed by atoms with Gasteiger partial charge in [-0.05, 0) is 52.2 Å². The normalized spacial score (nSPS) is 22.4. The van der Waals surface area contributed by atoms with Gasteiger partial charge in [0.25, 0.3) is 11.8 Å². The predicted octanol–water partition coefficient (Wildman–Crippen LogP) is 1.38. The summed E-state index contributed by atoms with van der Waals surface area (Å²) in [6.07, 6.45) is 0.969. The van der Waals surface area contributed by atoms with Crippen molar-refractivity contribution in [3.63, 3.8) is 0 Å². The third-order valence-corrected chi connectivity index (χ3v) is 7.87. The van der Waals surface area contributed by atoms with Gasteiger partial charge in [-0.25, -0.2) is 4.79 Å². The highest BCUT2D eigenvalue weighted by Crippen LogP contribution is 2.35. The number of fused-ring (bicyclic) bond motifs is 1. The van der Waals surface area contributed by atoms with Gasteiger partial charge in [-0.15, -0.1) is 0 Å². The van der Waals surface area contributed by atoms with Crippen LogP contribution in [0.25, 0.3) is 0 Å². The Balaban J connectivity index is 1.20. The molecule has 214 valence electrons. The first-order valence-corrected chi connectivity index (χ1v) is 13.8. The van der Waals surface area contributed by atoms with Crippen molar-refractivity contribution in [2.45, 2.75) is 58.1 Å². The van der Waals surface area contributed by atoms with Crippen molar-refractivity contribution in [2.24, 2.45) is 5.92 Å². The second-order valence-corrected chi connectivity index (χ2v) is 11.7. The van der Waals surface area contributed by atoms with Crippen LogP contribution in [-0.2, 0) is 19.1 Å². The van der Waals surface area contributed by atoms with E-state index in [1.54, 1.807) is 23.1 Å². The van der Waals surface area contributed by atoms with Crippen molar-refractivity contribution < 1.29 is 33.5 Å². The highest BCUT2D eigenvalue weighted by Gasteiger charge is 2.46. The van der Waals surface area contributed by atoms with E-state index in [4.69, 9.17) is 4.74 Å². The molecule has 0 radical (unpaired) electrons. The number of piperazine rings is 1. The van der Waals surface area contributed by atoms with E-state index < -0.39 is 35.3 Å². The molecule has 40 heavy (non-hydrogen) atoms. The van der Waals surface area contributed by atoms with E-state index in [-0.39, 0.29) is 41.9 Å². The van der Waals surface area contributed by atoms with Crippen LogP contribution in [0.2, 0.25) is 0 Å². The molecular weight excluding hydrogens is 518 g/mol. The fraction of sp³-hybridized carbons (Fsp3) is 0.571. The van der Waals surface area contributed by atoms with Gasteiger partial charge in [0.2, 0.25) is 17.7 Å². The van der Waals surface area contributed by atoms with E-state index in [2.05, 4.69) is 5.32 Å². The summed E-state index contributed by atoms with van der Waals surface area (Å²) in [5.74, 6) is -2.23. The van der Waals surface area contributed by atoms with Crippen LogP contribution in [0, 0.1) is 5.92 Å². The number of carbonyl (C=O) groups is 6. The maximum atomic E-state index is 13.4. The summed E-state index contributed by atoms with van der Waals surface area (Å²) in [5.41, 5.74) is 0.529. The molecule has 4 heterocycles. The van der Waals surface area contributed by atoms with E-state index in [1.165, 1.54) is 0 Å². The summed E-state index contributed by atoms with van der Waals surface area (Å²) in [5, 5.41) is 2.21. The Morgan fingerprint density at radius 3 is 2.17 bits per heavy atom. The van der Waals surface area contributed by atoms with Crippen LogP contribution in [0.15, 0.2) is 18.2 Å². The number of benzene rings is 1. The van der Waals surface area contributed by atoms with Gasteiger partial charge in [0, 0.05) is 51.6 Å². The van der Waals surface area contributed by atoms with Crippen LogP contribution in [-0.4, -0.2) is 101 Å². The third kappa shape index (κ3) is 5.26. The van der Waals surface area contributed by atoms with Gasteiger partial charge < -0.3 is 19.4 Å². The van der Waals surface area contributed by atoms with Crippen LogP contribution in [0.3, 0.4) is 0 Å². The van der Waals surface area contributed by atoms with Crippen molar-refractivity contribution in [3.8, 4) is 0 Å². The lowest BCUT2D eigenvalue weighted by Crippen LogP contribution is -2.54. The van der Waals surface area contributed by atoms with Crippen molar-refractivity contribution in [3.05, 3.63) is 29.3 Å². The lowest BCUT2D eigenvalue weighted by Gasteiger charge is -2.39. The Labute approximate surface area is 232 Å². The molecule has 1 aromatic rings. The van der Waals surface area contributed by atoms with Gasteiger partial charge >= 0.3 is 6.09 Å². The first kappa shape index (κ1) is 27.6. The maximum Gasteiger partial charge on any atom is 0.410 e. The summed E-state index contributed by atoms with van der Waals surface area (Å²) in [6, 6.07) is 4.05.